The maximum Gasteiger partial charge on any atom is 0.251 e. The average Bonchev–Trinajstić information content (AvgIpc) is 2.73. The Labute approximate surface area is 163 Å². The number of hydrogen-bond acceptors (Lipinski definition) is 4. The van der Waals surface area contributed by atoms with Crippen molar-refractivity contribution in [2.45, 2.75) is 0 Å². The second-order valence-corrected chi connectivity index (χ2v) is 6.25. The maximum atomic E-state index is 12.2. The molecule has 144 valence electrons. The van der Waals surface area contributed by atoms with E-state index in [-0.39, 0.29) is 18.4 Å². The fraction of sp³-hybridized carbons (Fsp3) is 0.182. The van der Waals surface area contributed by atoms with Crippen molar-refractivity contribution in [3.05, 3.63) is 72.3 Å². The van der Waals surface area contributed by atoms with Crippen LogP contribution in [0.15, 0.2) is 66.7 Å². The molecule has 28 heavy (non-hydrogen) atoms. The van der Waals surface area contributed by atoms with Crippen molar-refractivity contribution >= 4 is 34.0 Å². The molecule has 0 spiro atoms. The zero-order valence-electron chi connectivity index (χ0n) is 15.7. The van der Waals surface area contributed by atoms with Gasteiger partial charge in [-0.25, -0.2) is 0 Å². The van der Waals surface area contributed by atoms with Crippen molar-refractivity contribution in [1.82, 2.24) is 5.32 Å². The van der Waals surface area contributed by atoms with Gasteiger partial charge in [0.15, 0.2) is 0 Å². The molecule has 3 N–H and O–H groups in total. The molecule has 2 amide bonds. The number of ether oxygens (including phenoxy) is 1. The molecule has 0 aliphatic rings. The first-order valence-electron chi connectivity index (χ1n) is 9.06. The average molecular weight is 377 g/mol. The van der Waals surface area contributed by atoms with Gasteiger partial charge in [-0.2, -0.15) is 0 Å². The van der Waals surface area contributed by atoms with Gasteiger partial charge in [-0.1, -0.05) is 36.4 Å². The van der Waals surface area contributed by atoms with E-state index in [2.05, 4.69) is 16.0 Å². The molecule has 0 fully saturated rings. The molecule has 0 atom stereocenters. The molecule has 0 aliphatic heterocycles. The highest BCUT2D eigenvalue weighted by atomic mass is 16.5. The van der Waals surface area contributed by atoms with Crippen molar-refractivity contribution in [2.24, 2.45) is 0 Å². The predicted octanol–water partition coefficient (Wildman–Crippen LogP) is 3.27. The number of hydrogen-bond donors (Lipinski definition) is 3. The van der Waals surface area contributed by atoms with Crippen LogP contribution < -0.4 is 16.0 Å². The van der Waals surface area contributed by atoms with Crippen LogP contribution in [0, 0.1) is 0 Å². The molecule has 0 radical (unpaired) electrons. The zero-order chi connectivity index (χ0) is 19.8. The van der Waals surface area contributed by atoms with Gasteiger partial charge < -0.3 is 20.7 Å². The molecule has 0 aliphatic carbocycles. The largest absolute Gasteiger partial charge is 0.383 e. The SMILES string of the molecule is COCCNC(=O)c1ccc(NC(=O)CNc2cccc3ccccc23)cc1. The first-order valence-corrected chi connectivity index (χ1v) is 9.06. The highest BCUT2D eigenvalue weighted by Gasteiger charge is 2.07. The maximum absolute atomic E-state index is 12.2. The van der Waals surface area contributed by atoms with Crippen LogP contribution in [0.5, 0.6) is 0 Å². The van der Waals surface area contributed by atoms with Crippen LogP contribution in [0.3, 0.4) is 0 Å². The molecular weight excluding hydrogens is 354 g/mol. The number of nitrogens with one attached hydrogen (secondary N) is 3. The van der Waals surface area contributed by atoms with E-state index in [4.69, 9.17) is 4.74 Å². The lowest BCUT2D eigenvalue weighted by atomic mass is 10.1. The molecule has 0 heterocycles. The third kappa shape index (κ3) is 5.08. The minimum Gasteiger partial charge on any atom is -0.383 e. The van der Waals surface area contributed by atoms with Crippen LogP contribution in [-0.2, 0) is 9.53 Å². The van der Waals surface area contributed by atoms with Crippen molar-refractivity contribution in [3.8, 4) is 0 Å². The molecule has 6 nitrogen and oxygen atoms in total. The van der Waals surface area contributed by atoms with Gasteiger partial charge in [0, 0.05) is 36.0 Å². The first-order chi connectivity index (χ1) is 13.7. The van der Waals surface area contributed by atoms with Gasteiger partial charge in [-0.15, -0.1) is 0 Å². The molecule has 0 aromatic heterocycles. The Hall–Kier alpha value is -3.38. The fourth-order valence-electron chi connectivity index (χ4n) is 2.83. The number of amides is 2. The Kier molecular flexibility index (Phi) is 6.59. The number of carbonyl (C=O) groups is 2. The summed E-state index contributed by atoms with van der Waals surface area (Å²) >= 11 is 0. The summed E-state index contributed by atoms with van der Waals surface area (Å²) < 4.78 is 4.90. The van der Waals surface area contributed by atoms with Gasteiger partial charge in [0.25, 0.3) is 5.91 Å². The van der Waals surface area contributed by atoms with E-state index in [1.54, 1.807) is 31.4 Å². The van der Waals surface area contributed by atoms with Gasteiger partial charge in [-0.05, 0) is 35.7 Å². The number of anilines is 2. The third-order valence-electron chi connectivity index (χ3n) is 4.25. The summed E-state index contributed by atoms with van der Waals surface area (Å²) in [7, 11) is 1.58. The van der Waals surface area contributed by atoms with Gasteiger partial charge >= 0.3 is 0 Å². The lowest BCUT2D eigenvalue weighted by molar-refractivity contribution is -0.114. The van der Waals surface area contributed by atoms with Crippen molar-refractivity contribution < 1.29 is 14.3 Å². The van der Waals surface area contributed by atoms with Crippen LogP contribution in [0.2, 0.25) is 0 Å². The summed E-state index contributed by atoms with van der Waals surface area (Å²) in [5.74, 6) is -0.335. The lowest BCUT2D eigenvalue weighted by Gasteiger charge is -2.11. The molecule has 0 unspecified atom stereocenters. The van der Waals surface area contributed by atoms with E-state index in [1.807, 2.05) is 42.5 Å². The lowest BCUT2D eigenvalue weighted by Crippen LogP contribution is -2.27. The Morgan fingerprint density at radius 2 is 1.68 bits per heavy atom. The normalized spacial score (nSPS) is 10.5. The van der Waals surface area contributed by atoms with Crippen molar-refractivity contribution in [1.29, 1.82) is 0 Å². The van der Waals surface area contributed by atoms with E-state index in [0.717, 1.165) is 16.5 Å². The quantitative estimate of drug-likeness (QED) is 0.527. The second-order valence-electron chi connectivity index (χ2n) is 6.25. The number of carbonyl (C=O) groups excluding carboxylic acids is 2. The van der Waals surface area contributed by atoms with E-state index in [1.165, 1.54) is 0 Å². The number of rotatable bonds is 8. The molecule has 3 aromatic carbocycles. The minimum atomic E-state index is -0.174. The summed E-state index contributed by atoms with van der Waals surface area (Å²) in [4.78, 5) is 24.2. The zero-order valence-corrected chi connectivity index (χ0v) is 15.7. The van der Waals surface area contributed by atoms with Crippen LogP contribution in [0.1, 0.15) is 10.4 Å². The molecule has 0 saturated heterocycles. The summed E-state index contributed by atoms with van der Waals surface area (Å²) in [6, 6.07) is 20.7. The van der Waals surface area contributed by atoms with E-state index in [9.17, 15) is 9.59 Å². The molecule has 3 rings (SSSR count). The highest BCUT2D eigenvalue weighted by molar-refractivity contribution is 5.98. The topological polar surface area (TPSA) is 79.5 Å². The van der Waals surface area contributed by atoms with E-state index < -0.39 is 0 Å². The number of fused-ring (bicyclic) bond motifs is 1. The van der Waals surface area contributed by atoms with E-state index >= 15 is 0 Å². The van der Waals surface area contributed by atoms with Crippen LogP contribution in [0.4, 0.5) is 11.4 Å². The fourth-order valence-corrected chi connectivity index (χ4v) is 2.83. The standard InChI is InChI=1S/C22H23N3O3/c1-28-14-13-23-22(27)17-9-11-18(12-10-17)25-21(26)15-24-20-8-4-6-16-5-2-3-7-19(16)20/h2-12,24H,13-15H2,1H3,(H,23,27)(H,25,26). The van der Waals surface area contributed by atoms with Gasteiger partial charge in [0.2, 0.25) is 5.91 Å². The van der Waals surface area contributed by atoms with Crippen LogP contribution >= 0.6 is 0 Å². The third-order valence-corrected chi connectivity index (χ3v) is 4.25. The van der Waals surface area contributed by atoms with Crippen molar-refractivity contribution in [2.75, 3.05) is 37.4 Å². The summed E-state index contributed by atoms with van der Waals surface area (Å²) in [6.45, 7) is 1.06. The smallest absolute Gasteiger partial charge is 0.251 e. The monoisotopic (exact) mass is 377 g/mol. The molecule has 3 aromatic rings. The molecule has 6 heteroatoms. The summed E-state index contributed by atoms with van der Waals surface area (Å²) in [5.41, 5.74) is 2.08. The molecular formula is C22H23N3O3. The first kappa shape index (κ1) is 19.4. The predicted molar refractivity (Wildman–Crippen MR) is 112 cm³/mol. The molecule has 0 saturated carbocycles. The van der Waals surface area contributed by atoms with Gasteiger partial charge in [0.1, 0.15) is 0 Å². The summed E-state index contributed by atoms with van der Waals surface area (Å²) in [6.07, 6.45) is 0. The van der Waals surface area contributed by atoms with Crippen LogP contribution in [0.25, 0.3) is 10.8 Å². The second kappa shape index (κ2) is 9.53. The van der Waals surface area contributed by atoms with Gasteiger partial charge in [0.05, 0.1) is 13.2 Å². The summed E-state index contributed by atoms with van der Waals surface area (Å²) in [5, 5.41) is 10.9. The Bertz CT molecular complexity index is 949. The molecule has 0 bridgehead atoms. The minimum absolute atomic E-state index is 0.146. The number of benzene rings is 3. The van der Waals surface area contributed by atoms with E-state index in [0.29, 0.717) is 24.4 Å². The Balaban J connectivity index is 1.54. The Morgan fingerprint density at radius 1 is 0.929 bits per heavy atom. The highest BCUT2D eigenvalue weighted by Crippen LogP contribution is 2.22. The number of methoxy groups -OCH3 is 1. The Morgan fingerprint density at radius 3 is 2.46 bits per heavy atom. The van der Waals surface area contributed by atoms with Crippen LogP contribution in [-0.4, -0.2) is 38.6 Å². The van der Waals surface area contributed by atoms with Gasteiger partial charge in [-0.3, -0.25) is 9.59 Å². The van der Waals surface area contributed by atoms with Crippen molar-refractivity contribution in [3.63, 3.8) is 0 Å².